The Morgan fingerprint density at radius 3 is 2.54 bits per heavy atom. The number of amides is 1. The highest BCUT2D eigenvalue weighted by molar-refractivity contribution is 5.95. The Balaban J connectivity index is 1.59. The number of carbonyl (C=O) groups is 1. The van der Waals surface area contributed by atoms with E-state index in [-0.39, 0.29) is 18.7 Å². The Kier molecular flexibility index (Phi) is 5.78. The quantitative estimate of drug-likeness (QED) is 0.827. The van der Waals surface area contributed by atoms with Crippen LogP contribution in [0.2, 0.25) is 0 Å². The van der Waals surface area contributed by atoms with E-state index in [9.17, 15) is 4.79 Å². The zero-order valence-electron chi connectivity index (χ0n) is 15.6. The molecule has 0 saturated heterocycles. The van der Waals surface area contributed by atoms with Crippen molar-refractivity contribution in [1.29, 1.82) is 0 Å². The lowest BCUT2D eigenvalue weighted by Crippen LogP contribution is -2.44. The monoisotopic (exact) mass is 354 g/mol. The summed E-state index contributed by atoms with van der Waals surface area (Å²) in [6.07, 6.45) is 0. The van der Waals surface area contributed by atoms with Crippen molar-refractivity contribution in [2.24, 2.45) is 0 Å². The molecule has 1 aliphatic heterocycles. The topological polar surface area (TPSA) is 50.8 Å². The number of carbonyl (C=O) groups excluding carboxylic acids is 1. The average molecular weight is 354 g/mol. The molecule has 0 saturated carbocycles. The molecular formula is C21H26N2O3. The Labute approximate surface area is 154 Å². The first-order valence-corrected chi connectivity index (χ1v) is 9.01. The molecule has 26 heavy (non-hydrogen) atoms. The van der Waals surface area contributed by atoms with E-state index >= 15 is 0 Å². The highest BCUT2D eigenvalue weighted by atomic mass is 16.7. The lowest BCUT2D eigenvalue weighted by Gasteiger charge is -2.29. The number of rotatable bonds is 7. The van der Waals surface area contributed by atoms with Gasteiger partial charge in [-0.15, -0.1) is 0 Å². The highest BCUT2D eigenvalue weighted by Gasteiger charge is 2.19. The molecule has 0 fully saturated rings. The Morgan fingerprint density at radius 2 is 1.81 bits per heavy atom. The van der Waals surface area contributed by atoms with E-state index in [4.69, 9.17) is 9.47 Å². The SMILES string of the molecule is CC(CN(Cc1ccccc1)C(C)C)NC(=O)c1ccc2c(c1)OCO2. The predicted octanol–water partition coefficient (Wildman–Crippen LogP) is 3.44. The molecule has 0 aliphatic carbocycles. The fraction of sp³-hybridized carbons (Fsp3) is 0.381. The summed E-state index contributed by atoms with van der Waals surface area (Å²) in [4.78, 5) is 14.9. The molecule has 1 aliphatic rings. The van der Waals surface area contributed by atoms with Gasteiger partial charge in [0.25, 0.3) is 5.91 Å². The van der Waals surface area contributed by atoms with E-state index in [0.29, 0.717) is 23.1 Å². The number of hydrogen-bond acceptors (Lipinski definition) is 4. The normalized spacial score (nSPS) is 13.9. The van der Waals surface area contributed by atoms with Gasteiger partial charge in [0, 0.05) is 30.7 Å². The second-order valence-corrected chi connectivity index (χ2v) is 6.95. The minimum Gasteiger partial charge on any atom is -0.454 e. The maximum Gasteiger partial charge on any atom is 0.251 e. The maximum absolute atomic E-state index is 12.5. The van der Waals surface area contributed by atoms with Gasteiger partial charge in [-0.1, -0.05) is 30.3 Å². The fourth-order valence-electron chi connectivity index (χ4n) is 3.02. The van der Waals surface area contributed by atoms with Gasteiger partial charge in [0.1, 0.15) is 0 Å². The highest BCUT2D eigenvalue weighted by Crippen LogP contribution is 2.32. The second-order valence-electron chi connectivity index (χ2n) is 6.95. The van der Waals surface area contributed by atoms with Crippen LogP contribution < -0.4 is 14.8 Å². The smallest absolute Gasteiger partial charge is 0.251 e. The fourth-order valence-corrected chi connectivity index (χ4v) is 3.02. The number of ether oxygens (including phenoxy) is 2. The van der Waals surface area contributed by atoms with Crippen LogP contribution in [-0.4, -0.2) is 36.2 Å². The molecule has 0 spiro atoms. The van der Waals surface area contributed by atoms with Crippen LogP contribution in [0.25, 0.3) is 0 Å². The van der Waals surface area contributed by atoms with Crippen molar-refractivity contribution in [1.82, 2.24) is 10.2 Å². The van der Waals surface area contributed by atoms with E-state index in [1.807, 2.05) is 13.0 Å². The largest absolute Gasteiger partial charge is 0.454 e. The number of nitrogens with one attached hydrogen (secondary N) is 1. The van der Waals surface area contributed by atoms with Gasteiger partial charge >= 0.3 is 0 Å². The standard InChI is InChI=1S/C21H26N2O3/c1-15(2)23(13-17-7-5-4-6-8-17)12-16(3)22-21(24)18-9-10-19-20(11-18)26-14-25-19/h4-11,15-16H,12-14H2,1-3H3,(H,22,24). The molecule has 0 aromatic heterocycles. The van der Waals surface area contributed by atoms with Gasteiger partial charge in [-0.2, -0.15) is 0 Å². The van der Waals surface area contributed by atoms with Crippen LogP contribution in [0.15, 0.2) is 48.5 Å². The van der Waals surface area contributed by atoms with E-state index in [0.717, 1.165) is 13.1 Å². The summed E-state index contributed by atoms with van der Waals surface area (Å²) in [6.45, 7) is 8.24. The Bertz CT molecular complexity index is 746. The third-order valence-corrected chi connectivity index (χ3v) is 4.48. The molecular weight excluding hydrogens is 328 g/mol. The third-order valence-electron chi connectivity index (χ3n) is 4.48. The third kappa shape index (κ3) is 4.55. The van der Waals surface area contributed by atoms with Gasteiger partial charge in [0.05, 0.1) is 0 Å². The minimum atomic E-state index is -0.0979. The van der Waals surface area contributed by atoms with Crippen LogP contribution >= 0.6 is 0 Å². The van der Waals surface area contributed by atoms with Crippen molar-refractivity contribution in [3.05, 3.63) is 59.7 Å². The molecule has 5 nitrogen and oxygen atoms in total. The molecule has 1 amide bonds. The molecule has 0 bridgehead atoms. The van der Waals surface area contributed by atoms with Gasteiger partial charge in [-0.05, 0) is 44.5 Å². The lowest BCUT2D eigenvalue weighted by atomic mass is 10.1. The van der Waals surface area contributed by atoms with Crippen LogP contribution in [0, 0.1) is 0 Å². The summed E-state index contributed by atoms with van der Waals surface area (Å²) in [6, 6.07) is 16.1. The van der Waals surface area contributed by atoms with Gasteiger partial charge in [-0.25, -0.2) is 0 Å². The van der Waals surface area contributed by atoms with Crippen molar-refractivity contribution in [3.63, 3.8) is 0 Å². The lowest BCUT2D eigenvalue weighted by molar-refractivity contribution is 0.0920. The predicted molar refractivity (Wildman–Crippen MR) is 101 cm³/mol. The zero-order chi connectivity index (χ0) is 18.5. The van der Waals surface area contributed by atoms with Crippen molar-refractivity contribution in [2.75, 3.05) is 13.3 Å². The van der Waals surface area contributed by atoms with Crippen LogP contribution in [0.1, 0.15) is 36.7 Å². The Hall–Kier alpha value is -2.53. The molecule has 0 radical (unpaired) electrons. The summed E-state index contributed by atoms with van der Waals surface area (Å²) in [7, 11) is 0. The first kappa shape index (κ1) is 18.3. The molecule has 138 valence electrons. The molecule has 5 heteroatoms. The van der Waals surface area contributed by atoms with Crippen LogP contribution in [-0.2, 0) is 6.54 Å². The molecule has 3 rings (SSSR count). The zero-order valence-corrected chi connectivity index (χ0v) is 15.6. The number of fused-ring (bicyclic) bond motifs is 1. The molecule has 1 atom stereocenters. The summed E-state index contributed by atoms with van der Waals surface area (Å²) in [5, 5.41) is 3.08. The number of benzene rings is 2. The van der Waals surface area contributed by atoms with E-state index in [2.05, 4.69) is 48.3 Å². The summed E-state index contributed by atoms with van der Waals surface area (Å²) < 4.78 is 10.6. The molecule has 1 unspecified atom stereocenters. The van der Waals surface area contributed by atoms with Gasteiger partial charge in [-0.3, -0.25) is 9.69 Å². The molecule has 1 heterocycles. The van der Waals surface area contributed by atoms with Gasteiger partial charge in [0.15, 0.2) is 11.5 Å². The van der Waals surface area contributed by atoms with E-state index in [1.54, 1.807) is 18.2 Å². The van der Waals surface area contributed by atoms with Crippen LogP contribution in [0.3, 0.4) is 0 Å². The minimum absolute atomic E-state index is 0.0269. The summed E-state index contributed by atoms with van der Waals surface area (Å²) in [5.74, 6) is 1.21. The second kappa shape index (κ2) is 8.23. The summed E-state index contributed by atoms with van der Waals surface area (Å²) in [5.41, 5.74) is 1.86. The number of nitrogens with zero attached hydrogens (tertiary/aromatic N) is 1. The Morgan fingerprint density at radius 1 is 1.08 bits per heavy atom. The number of hydrogen-bond donors (Lipinski definition) is 1. The first-order valence-electron chi connectivity index (χ1n) is 9.01. The average Bonchev–Trinajstić information content (AvgIpc) is 3.09. The van der Waals surface area contributed by atoms with Crippen molar-refractivity contribution in [3.8, 4) is 11.5 Å². The molecule has 2 aromatic carbocycles. The van der Waals surface area contributed by atoms with Crippen LogP contribution in [0.5, 0.6) is 11.5 Å². The van der Waals surface area contributed by atoms with Crippen molar-refractivity contribution >= 4 is 5.91 Å². The van der Waals surface area contributed by atoms with Crippen LogP contribution in [0.4, 0.5) is 0 Å². The van der Waals surface area contributed by atoms with E-state index in [1.165, 1.54) is 5.56 Å². The van der Waals surface area contributed by atoms with E-state index < -0.39 is 0 Å². The molecule has 1 N–H and O–H groups in total. The van der Waals surface area contributed by atoms with Crippen molar-refractivity contribution < 1.29 is 14.3 Å². The van der Waals surface area contributed by atoms with Crippen molar-refractivity contribution in [2.45, 2.75) is 39.4 Å². The van der Waals surface area contributed by atoms with Gasteiger partial charge in [0.2, 0.25) is 6.79 Å². The first-order chi connectivity index (χ1) is 12.5. The maximum atomic E-state index is 12.5. The molecule has 2 aromatic rings. The van der Waals surface area contributed by atoms with Gasteiger partial charge < -0.3 is 14.8 Å². The summed E-state index contributed by atoms with van der Waals surface area (Å²) >= 11 is 0.